The minimum absolute atomic E-state index is 0.980. The molecule has 0 aliphatic heterocycles. The van der Waals surface area contributed by atoms with E-state index >= 15 is 0 Å². The van der Waals surface area contributed by atoms with Crippen LogP contribution in [0.1, 0.15) is 44.9 Å². The fourth-order valence-electron chi connectivity index (χ4n) is 4.00. The van der Waals surface area contributed by atoms with Crippen LogP contribution in [0.15, 0.2) is 12.2 Å². The monoisotopic (exact) mass is 176 g/mol. The molecule has 0 aromatic carbocycles. The molecule has 2 bridgehead atoms. The molecule has 0 aromatic rings. The minimum Gasteiger partial charge on any atom is -0.0848 e. The Balaban J connectivity index is 1.87. The summed E-state index contributed by atoms with van der Waals surface area (Å²) in [7, 11) is 0. The fraction of sp³-hybridized carbons (Fsp3) is 0.846. The van der Waals surface area contributed by atoms with Crippen molar-refractivity contribution in [2.45, 2.75) is 44.9 Å². The van der Waals surface area contributed by atoms with Crippen molar-refractivity contribution in [2.75, 3.05) is 0 Å². The summed E-state index contributed by atoms with van der Waals surface area (Å²) in [6.07, 6.45) is 15.7. The van der Waals surface area contributed by atoms with Gasteiger partial charge in [-0.1, -0.05) is 31.4 Å². The summed E-state index contributed by atoms with van der Waals surface area (Å²) in [6.45, 7) is 0. The molecule has 72 valence electrons. The Morgan fingerprint density at radius 1 is 0.615 bits per heavy atom. The molecular formula is C13H20. The molecule has 13 heavy (non-hydrogen) atoms. The lowest BCUT2D eigenvalue weighted by Gasteiger charge is -2.44. The van der Waals surface area contributed by atoms with Gasteiger partial charge in [-0.2, -0.15) is 0 Å². The van der Waals surface area contributed by atoms with Crippen molar-refractivity contribution in [3.63, 3.8) is 0 Å². The number of fused-ring (bicyclic) bond motifs is 1. The van der Waals surface area contributed by atoms with Crippen molar-refractivity contribution in [1.82, 2.24) is 0 Å². The van der Waals surface area contributed by atoms with Gasteiger partial charge in [-0.05, 0) is 49.4 Å². The Morgan fingerprint density at radius 3 is 1.62 bits per heavy atom. The van der Waals surface area contributed by atoms with E-state index in [1.807, 2.05) is 0 Å². The van der Waals surface area contributed by atoms with E-state index in [1.165, 1.54) is 44.9 Å². The molecule has 0 spiro atoms. The first-order valence-corrected chi connectivity index (χ1v) is 6.13. The molecular weight excluding hydrogens is 156 g/mol. The van der Waals surface area contributed by atoms with Crippen LogP contribution >= 0.6 is 0 Å². The Labute approximate surface area is 81.4 Å². The number of allylic oxidation sites excluding steroid dienone is 2. The molecule has 4 rings (SSSR count). The van der Waals surface area contributed by atoms with E-state index in [0.717, 1.165) is 23.7 Å². The van der Waals surface area contributed by atoms with Crippen LogP contribution in [0.5, 0.6) is 0 Å². The van der Waals surface area contributed by atoms with Gasteiger partial charge < -0.3 is 0 Å². The second kappa shape index (κ2) is 3.15. The topological polar surface area (TPSA) is 0 Å². The van der Waals surface area contributed by atoms with Crippen molar-refractivity contribution in [3.8, 4) is 0 Å². The lowest BCUT2D eigenvalue weighted by Crippen LogP contribution is -2.36. The third-order valence-electron chi connectivity index (χ3n) is 4.66. The van der Waals surface area contributed by atoms with Crippen molar-refractivity contribution in [1.29, 1.82) is 0 Å². The summed E-state index contributed by atoms with van der Waals surface area (Å²) < 4.78 is 0. The van der Waals surface area contributed by atoms with E-state index in [-0.39, 0.29) is 0 Å². The molecule has 1 unspecified atom stereocenters. The van der Waals surface area contributed by atoms with E-state index in [0.29, 0.717) is 0 Å². The fourth-order valence-corrected chi connectivity index (χ4v) is 4.00. The summed E-state index contributed by atoms with van der Waals surface area (Å²) in [4.78, 5) is 0. The van der Waals surface area contributed by atoms with Gasteiger partial charge in [-0.3, -0.25) is 0 Å². The first kappa shape index (κ1) is 8.08. The quantitative estimate of drug-likeness (QED) is 0.493. The van der Waals surface area contributed by atoms with Crippen LogP contribution in [0.25, 0.3) is 0 Å². The molecule has 4 atom stereocenters. The largest absolute Gasteiger partial charge is 0.0848 e. The van der Waals surface area contributed by atoms with Gasteiger partial charge in [0.1, 0.15) is 0 Å². The van der Waals surface area contributed by atoms with E-state index in [4.69, 9.17) is 0 Å². The van der Waals surface area contributed by atoms with Crippen molar-refractivity contribution in [2.24, 2.45) is 23.7 Å². The van der Waals surface area contributed by atoms with Gasteiger partial charge in [0.15, 0.2) is 0 Å². The van der Waals surface area contributed by atoms with Crippen LogP contribution in [0, 0.1) is 23.7 Å². The van der Waals surface area contributed by atoms with Crippen molar-refractivity contribution >= 4 is 0 Å². The van der Waals surface area contributed by atoms with Crippen LogP contribution in [0.2, 0.25) is 0 Å². The zero-order chi connectivity index (χ0) is 8.67. The Hall–Kier alpha value is -0.260. The highest BCUT2D eigenvalue weighted by Crippen LogP contribution is 2.49. The Morgan fingerprint density at radius 2 is 1.15 bits per heavy atom. The van der Waals surface area contributed by atoms with E-state index < -0.39 is 0 Å². The summed E-state index contributed by atoms with van der Waals surface area (Å²) in [6, 6.07) is 0. The lowest BCUT2D eigenvalue weighted by atomic mass is 9.61. The third kappa shape index (κ3) is 1.26. The lowest BCUT2D eigenvalue weighted by molar-refractivity contribution is 0.114. The van der Waals surface area contributed by atoms with E-state index in [2.05, 4.69) is 12.2 Å². The maximum atomic E-state index is 2.54. The van der Waals surface area contributed by atoms with Gasteiger partial charge in [-0.25, -0.2) is 0 Å². The maximum Gasteiger partial charge on any atom is -0.0202 e. The average molecular weight is 176 g/mol. The number of hydrogen-bond donors (Lipinski definition) is 0. The molecule has 0 N–H and O–H groups in total. The van der Waals surface area contributed by atoms with Gasteiger partial charge in [0, 0.05) is 0 Å². The first-order valence-electron chi connectivity index (χ1n) is 6.13. The molecule has 4 aliphatic rings. The van der Waals surface area contributed by atoms with E-state index in [1.54, 1.807) is 0 Å². The van der Waals surface area contributed by atoms with Gasteiger partial charge >= 0.3 is 0 Å². The highest BCUT2D eigenvalue weighted by molar-refractivity contribution is 5.09. The van der Waals surface area contributed by atoms with Gasteiger partial charge in [0.25, 0.3) is 0 Å². The van der Waals surface area contributed by atoms with Crippen LogP contribution in [0.4, 0.5) is 0 Å². The van der Waals surface area contributed by atoms with Crippen LogP contribution in [-0.4, -0.2) is 0 Å². The molecule has 2 fully saturated rings. The predicted molar refractivity (Wildman–Crippen MR) is 55.4 cm³/mol. The van der Waals surface area contributed by atoms with Crippen molar-refractivity contribution < 1.29 is 0 Å². The molecule has 4 aliphatic carbocycles. The van der Waals surface area contributed by atoms with Gasteiger partial charge in [0.2, 0.25) is 0 Å². The predicted octanol–water partition coefficient (Wildman–Crippen LogP) is 3.78. The summed E-state index contributed by atoms with van der Waals surface area (Å²) in [5.74, 6) is 4.14. The standard InChI is InChI=1S/C13H20/c1-2-4-12-10-6-8-11(9-7-10)13(12)5-3-1/h6,8,10-13H,1-5,7,9H2/t10-,11+,12+,13?/m1/s1. The second-order valence-corrected chi connectivity index (χ2v) is 5.26. The number of rotatable bonds is 0. The Kier molecular flexibility index (Phi) is 1.96. The van der Waals surface area contributed by atoms with Crippen molar-refractivity contribution in [3.05, 3.63) is 12.2 Å². The molecule has 0 nitrogen and oxygen atoms in total. The highest BCUT2D eigenvalue weighted by Gasteiger charge is 2.40. The number of hydrogen-bond acceptors (Lipinski definition) is 0. The maximum absolute atomic E-state index is 2.54. The van der Waals surface area contributed by atoms with Gasteiger partial charge in [0.05, 0.1) is 0 Å². The van der Waals surface area contributed by atoms with E-state index in [9.17, 15) is 0 Å². The molecule has 0 saturated heterocycles. The molecule has 0 aromatic heterocycles. The van der Waals surface area contributed by atoms with Gasteiger partial charge in [-0.15, -0.1) is 0 Å². The zero-order valence-electron chi connectivity index (χ0n) is 8.41. The normalized spacial score (nSPS) is 48.6. The highest BCUT2D eigenvalue weighted by atomic mass is 14.4. The molecule has 2 saturated carbocycles. The summed E-state index contributed by atoms with van der Waals surface area (Å²) >= 11 is 0. The first-order chi connectivity index (χ1) is 6.45. The summed E-state index contributed by atoms with van der Waals surface area (Å²) in [5, 5.41) is 0. The second-order valence-electron chi connectivity index (χ2n) is 5.26. The minimum atomic E-state index is 0.980. The van der Waals surface area contributed by atoms with Crippen LogP contribution in [-0.2, 0) is 0 Å². The molecule has 0 radical (unpaired) electrons. The average Bonchev–Trinajstić information content (AvgIpc) is 2.45. The smallest absolute Gasteiger partial charge is 0.0202 e. The van der Waals surface area contributed by atoms with Crippen LogP contribution in [0.3, 0.4) is 0 Å². The SMILES string of the molecule is C1=C[C@H]2CC[C@@H]1[C@@H]1CCCCCC12. The molecule has 0 heterocycles. The zero-order valence-corrected chi connectivity index (χ0v) is 8.41. The van der Waals surface area contributed by atoms with Crippen LogP contribution < -0.4 is 0 Å². The third-order valence-corrected chi connectivity index (χ3v) is 4.66. The Bertz CT molecular complexity index is 194. The molecule has 0 amide bonds. The molecule has 0 heteroatoms. The summed E-state index contributed by atoms with van der Waals surface area (Å²) in [5.41, 5.74) is 0.